The first-order chi connectivity index (χ1) is 16.5. The summed E-state index contributed by atoms with van der Waals surface area (Å²) < 4.78 is 7.52. The van der Waals surface area contributed by atoms with Crippen LogP contribution in [0.3, 0.4) is 0 Å². The number of aromatic nitrogens is 4. The summed E-state index contributed by atoms with van der Waals surface area (Å²) in [6, 6.07) is 9.99. The Morgan fingerprint density at radius 2 is 2.21 bits per heavy atom. The minimum absolute atomic E-state index is 0.00895. The summed E-state index contributed by atoms with van der Waals surface area (Å²) in [5, 5.41) is 25.0. The van der Waals surface area contributed by atoms with Crippen molar-refractivity contribution in [2.75, 3.05) is 5.32 Å². The second kappa shape index (κ2) is 9.39. The lowest BCUT2D eigenvalue weighted by Crippen LogP contribution is -2.23. The molecule has 1 N–H and O–H groups in total. The van der Waals surface area contributed by atoms with Crippen LogP contribution in [0, 0.1) is 10.1 Å². The Labute approximate surface area is 202 Å². The van der Waals surface area contributed by atoms with Crippen LogP contribution in [0.4, 0.5) is 10.8 Å². The van der Waals surface area contributed by atoms with Crippen molar-refractivity contribution < 1.29 is 14.1 Å². The summed E-state index contributed by atoms with van der Waals surface area (Å²) >= 11 is 2.60. The van der Waals surface area contributed by atoms with Crippen molar-refractivity contribution in [1.82, 2.24) is 19.7 Å². The van der Waals surface area contributed by atoms with Crippen LogP contribution >= 0.6 is 23.1 Å². The van der Waals surface area contributed by atoms with Gasteiger partial charge in [0.05, 0.1) is 28.7 Å². The SMILES string of the molecule is CC(Sc1nnc(C2CC2)n1Cc1ccco1)C(=O)Nc1nc(-c2cccc([N+](=O)[O-])c2)cs1. The van der Waals surface area contributed by atoms with E-state index in [9.17, 15) is 14.9 Å². The topological polar surface area (TPSA) is 129 Å². The molecule has 0 spiro atoms. The molecule has 1 fully saturated rings. The average molecular weight is 497 g/mol. The number of thioether (sulfide) groups is 1. The van der Waals surface area contributed by atoms with E-state index in [4.69, 9.17) is 4.42 Å². The molecule has 1 aliphatic carbocycles. The van der Waals surface area contributed by atoms with Crippen molar-refractivity contribution in [3.63, 3.8) is 0 Å². The van der Waals surface area contributed by atoms with Crippen LogP contribution in [0.1, 0.15) is 37.3 Å². The lowest BCUT2D eigenvalue weighted by molar-refractivity contribution is -0.384. The maximum absolute atomic E-state index is 12.9. The first-order valence-corrected chi connectivity index (χ1v) is 12.4. The zero-order valence-corrected chi connectivity index (χ0v) is 19.7. The van der Waals surface area contributed by atoms with Gasteiger partial charge in [-0.15, -0.1) is 21.5 Å². The second-order valence-corrected chi connectivity index (χ2v) is 10.0. The van der Waals surface area contributed by atoms with Crippen LogP contribution < -0.4 is 5.32 Å². The minimum Gasteiger partial charge on any atom is -0.467 e. The number of anilines is 1. The molecule has 1 unspecified atom stereocenters. The van der Waals surface area contributed by atoms with E-state index in [-0.39, 0.29) is 11.6 Å². The molecule has 4 aromatic rings. The fourth-order valence-electron chi connectivity index (χ4n) is 3.40. The number of furan rings is 1. The predicted molar refractivity (Wildman–Crippen MR) is 128 cm³/mol. The number of carbonyl (C=O) groups is 1. The molecule has 10 nitrogen and oxygen atoms in total. The number of benzene rings is 1. The van der Waals surface area contributed by atoms with Crippen LogP contribution in [-0.4, -0.2) is 35.8 Å². The molecule has 1 saturated carbocycles. The van der Waals surface area contributed by atoms with E-state index in [0.717, 1.165) is 24.4 Å². The minimum atomic E-state index is -0.448. The standard InChI is InChI=1S/C22H20N6O4S2/c1-13(34-22-26-25-19(14-7-8-14)27(22)11-17-6-3-9-32-17)20(29)24-21-23-18(12-33-21)15-4-2-5-16(10-15)28(30)31/h2-6,9-10,12-14H,7-8,11H2,1H3,(H,23,24,29). The molecule has 1 aliphatic rings. The predicted octanol–water partition coefficient (Wildman–Crippen LogP) is 4.95. The van der Waals surface area contributed by atoms with Crippen LogP contribution in [0.15, 0.2) is 57.6 Å². The van der Waals surface area contributed by atoms with Gasteiger partial charge in [-0.2, -0.15) is 0 Å². The monoisotopic (exact) mass is 496 g/mol. The summed E-state index contributed by atoms with van der Waals surface area (Å²) in [5.74, 6) is 1.92. The van der Waals surface area contributed by atoms with E-state index >= 15 is 0 Å². The molecule has 0 saturated heterocycles. The molecule has 1 amide bonds. The molecule has 34 heavy (non-hydrogen) atoms. The normalized spacial score (nSPS) is 14.1. The zero-order valence-electron chi connectivity index (χ0n) is 18.1. The van der Waals surface area contributed by atoms with Crippen LogP contribution in [-0.2, 0) is 11.3 Å². The van der Waals surface area contributed by atoms with Gasteiger partial charge >= 0.3 is 0 Å². The van der Waals surface area contributed by atoms with Gasteiger partial charge in [-0.1, -0.05) is 23.9 Å². The number of nitrogens with one attached hydrogen (secondary N) is 1. The summed E-state index contributed by atoms with van der Waals surface area (Å²) in [5.41, 5.74) is 1.17. The van der Waals surface area contributed by atoms with Crippen LogP contribution in [0.5, 0.6) is 0 Å². The van der Waals surface area contributed by atoms with E-state index < -0.39 is 10.2 Å². The number of hydrogen-bond acceptors (Lipinski definition) is 9. The van der Waals surface area contributed by atoms with Gasteiger partial charge in [0.2, 0.25) is 5.91 Å². The van der Waals surface area contributed by atoms with Gasteiger partial charge in [0.25, 0.3) is 5.69 Å². The van der Waals surface area contributed by atoms with Gasteiger partial charge in [-0.25, -0.2) is 4.98 Å². The summed E-state index contributed by atoms with van der Waals surface area (Å²) in [6.07, 6.45) is 3.82. The molecular weight excluding hydrogens is 476 g/mol. The number of nitro groups is 1. The first kappa shape index (κ1) is 22.3. The van der Waals surface area contributed by atoms with Gasteiger partial charge in [-0.3, -0.25) is 19.5 Å². The fourth-order valence-corrected chi connectivity index (χ4v) is 4.98. The highest BCUT2D eigenvalue weighted by molar-refractivity contribution is 8.00. The first-order valence-electron chi connectivity index (χ1n) is 10.6. The summed E-state index contributed by atoms with van der Waals surface area (Å²) in [6.45, 7) is 2.32. The van der Waals surface area contributed by atoms with Gasteiger partial charge in [0, 0.05) is 29.0 Å². The van der Waals surface area contributed by atoms with E-state index in [1.54, 1.807) is 30.7 Å². The maximum atomic E-state index is 12.9. The van der Waals surface area contributed by atoms with Crippen molar-refractivity contribution in [1.29, 1.82) is 0 Å². The highest BCUT2D eigenvalue weighted by atomic mass is 32.2. The number of carbonyl (C=O) groups excluding carboxylic acids is 1. The highest BCUT2D eigenvalue weighted by Gasteiger charge is 2.31. The molecule has 0 radical (unpaired) electrons. The summed E-state index contributed by atoms with van der Waals surface area (Å²) in [4.78, 5) is 27.9. The molecule has 3 aromatic heterocycles. The van der Waals surface area contributed by atoms with Crippen molar-refractivity contribution in [2.45, 2.75) is 42.6 Å². The lowest BCUT2D eigenvalue weighted by Gasteiger charge is -2.12. The molecule has 12 heteroatoms. The molecule has 0 aliphatic heterocycles. The Kier molecular flexibility index (Phi) is 6.16. The number of rotatable bonds is 9. The average Bonchev–Trinajstić information content (AvgIpc) is 3.20. The Bertz CT molecular complexity index is 1330. The van der Waals surface area contributed by atoms with E-state index in [1.165, 1.54) is 35.2 Å². The number of nitrogens with zero attached hydrogens (tertiary/aromatic N) is 5. The third-order valence-corrected chi connectivity index (χ3v) is 7.16. The van der Waals surface area contributed by atoms with E-state index in [0.29, 0.717) is 34.0 Å². The van der Waals surface area contributed by atoms with E-state index in [2.05, 4.69) is 20.5 Å². The number of amides is 1. The summed E-state index contributed by atoms with van der Waals surface area (Å²) in [7, 11) is 0. The number of non-ortho nitro benzene ring substituents is 1. The maximum Gasteiger partial charge on any atom is 0.270 e. The van der Waals surface area contributed by atoms with Crippen LogP contribution in [0.2, 0.25) is 0 Å². The molecular formula is C22H20N6O4S2. The number of nitro benzene ring substituents is 1. The van der Waals surface area contributed by atoms with Gasteiger partial charge < -0.3 is 9.73 Å². The molecule has 0 bridgehead atoms. The Morgan fingerprint density at radius 1 is 1.35 bits per heavy atom. The van der Waals surface area contributed by atoms with Crippen molar-refractivity contribution in [2.24, 2.45) is 0 Å². The lowest BCUT2D eigenvalue weighted by atomic mass is 10.1. The molecule has 5 rings (SSSR count). The quantitative estimate of drug-likeness (QED) is 0.196. The largest absolute Gasteiger partial charge is 0.467 e. The van der Waals surface area contributed by atoms with Gasteiger partial charge in [-0.05, 0) is 31.9 Å². The second-order valence-electron chi connectivity index (χ2n) is 7.88. The van der Waals surface area contributed by atoms with Crippen molar-refractivity contribution in [3.05, 3.63) is 69.7 Å². The highest BCUT2D eigenvalue weighted by Crippen LogP contribution is 2.40. The molecule has 174 valence electrons. The Morgan fingerprint density at radius 3 is 2.94 bits per heavy atom. The Balaban J connectivity index is 1.27. The molecule has 1 atom stereocenters. The Hall–Kier alpha value is -3.51. The van der Waals surface area contributed by atoms with Crippen LogP contribution in [0.25, 0.3) is 11.3 Å². The molecule has 3 heterocycles. The number of hydrogen-bond donors (Lipinski definition) is 1. The van der Waals surface area contributed by atoms with Gasteiger partial charge in [0.15, 0.2) is 10.3 Å². The van der Waals surface area contributed by atoms with Crippen molar-refractivity contribution >= 4 is 39.8 Å². The molecule has 1 aromatic carbocycles. The smallest absolute Gasteiger partial charge is 0.270 e. The third kappa shape index (κ3) is 4.87. The fraction of sp³-hybridized carbons (Fsp3) is 0.273. The third-order valence-electron chi connectivity index (χ3n) is 5.32. The zero-order chi connectivity index (χ0) is 23.7. The van der Waals surface area contributed by atoms with E-state index in [1.807, 2.05) is 16.7 Å². The number of thiazole rings is 1. The van der Waals surface area contributed by atoms with Gasteiger partial charge in [0.1, 0.15) is 11.6 Å². The van der Waals surface area contributed by atoms with Crippen molar-refractivity contribution in [3.8, 4) is 11.3 Å².